The first-order valence-electron chi connectivity index (χ1n) is 6.91. The number of esters is 1. The highest BCUT2D eigenvalue weighted by atomic mass is 16.6. The highest BCUT2D eigenvalue weighted by Crippen LogP contribution is 2.13. The van der Waals surface area contributed by atoms with Gasteiger partial charge in [-0.05, 0) is 45.0 Å². The van der Waals surface area contributed by atoms with E-state index in [-0.39, 0.29) is 12.5 Å². The predicted octanol–water partition coefficient (Wildman–Crippen LogP) is 3.22. The fraction of sp³-hybridized carbons (Fsp3) is 0.438. The van der Waals surface area contributed by atoms with Crippen molar-refractivity contribution in [3.05, 3.63) is 48.3 Å². The predicted molar refractivity (Wildman–Crippen MR) is 77.4 cm³/mol. The summed E-state index contributed by atoms with van der Waals surface area (Å²) in [5.41, 5.74) is -0.488. The molecule has 0 bridgehead atoms. The Balaban J connectivity index is 1.99. The number of hydrogen-bond acceptors (Lipinski definition) is 5. The Morgan fingerprint density at radius 1 is 1.10 bits per heavy atom. The molecule has 2 aromatic rings. The van der Waals surface area contributed by atoms with Crippen LogP contribution < -0.4 is 0 Å². The zero-order valence-electron chi connectivity index (χ0n) is 12.7. The summed E-state index contributed by atoms with van der Waals surface area (Å²) in [5.74, 6) is 1.33. The molecule has 2 rings (SSSR count). The number of rotatable bonds is 6. The second-order valence-corrected chi connectivity index (χ2v) is 5.89. The van der Waals surface area contributed by atoms with Crippen molar-refractivity contribution in [3.63, 3.8) is 0 Å². The van der Waals surface area contributed by atoms with Crippen molar-refractivity contribution < 1.29 is 18.4 Å². The second-order valence-electron chi connectivity index (χ2n) is 5.89. The van der Waals surface area contributed by atoms with Gasteiger partial charge >= 0.3 is 5.97 Å². The fourth-order valence-electron chi connectivity index (χ4n) is 1.97. The summed E-state index contributed by atoms with van der Waals surface area (Å²) in [5, 5.41) is 0. The van der Waals surface area contributed by atoms with Crippen LogP contribution in [0.25, 0.3) is 0 Å². The van der Waals surface area contributed by atoms with Crippen molar-refractivity contribution in [2.75, 3.05) is 6.54 Å². The zero-order valence-corrected chi connectivity index (χ0v) is 12.7. The molecule has 0 saturated carbocycles. The summed E-state index contributed by atoms with van der Waals surface area (Å²) in [6.07, 6.45) is 3.24. The van der Waals surface area contributed by atoms with Gasteiger partial charge in [-0.15, -0.1) is 0 Å². The molecule has 0 radical (unpaired) electrons. The Morgan fingerprint density at radius 3 is 2.00 bits per heavy atom. The first kappa shape index (κ1) is 15.4. The molecule has 0 fully saturated rings. The zero-order chi connectivity index (χ0) is 15.3. The third-order valence-electron chi connectivity index (χ3n) is 2.69. The number of nitrogens with zero attached hydrogens (tertiary/aromatic N) is 1. The standard InChI is InChI=1S/C16H21NO4/c1-16(2,3)21-15(18)12-17(10-13-6-4-8-19-13)11-14-7-5-9-20-14/h4-9H,10-12H2,1-3H3. The second kappa shape index (κ2) is 6.63. The SMILES string of the molecule is CC(C)(C)OC(=O)CN(Cc1ccco1)Cc1ccco1. The summed E-state index contributed by atoms with van der Waals surface area (Å²) in [6, 6.07) is 7.41. The van der Waals surface area contributed by atoms with E-state index in [2.05, 4.69) is 0 Å². The maximum Gasteiger partial charge on any atom is 0.320 e. The highest BCUT2D eigenvalue weighted by Gasteiger charge is 2.20. The van der Waals surface area contributed by atoms with E-state index in [0.29, 0.717) is 13.1 Å². The third-order valence-corrected chi connectivity index (χ3v) is 2.69. The van der Waals surface area contributed by atoms with Gasteiger partial charge in [-0.3, -0.25) is 9.69 Å². The van der Waals surface area contributed by atoms with Gasteiger partial charge in [0, 0.05) is 0 Å². The van der Waals surface area contributed by atoms with Gasteiger partial charge in [0.25, 0.3) is 0 Å². The lowest BCUT2D eigenvalue weighted by atomic mass is 10.2. The molecule has 0 saturated heterocycles. The van der Waals surface area contributed by atoms with Gasteiger partial charge in [-0.2, -0.15) is 0 Å². The number of hydrogen-bond donors (Lipinski definition) is 0. The first-order valence-corrected chi connectivity index (χ1v) is 6.91. The molecule has 0 amide bonds. The Labute approximate surface area is 124 Å². The Hall–Kier alpha value is -2.01. The van der Waals surface area contributed by atoms with E-state index >= 15 is 0 Å². The lowest BCUT2D eigenvalue weighted by Gasteiger charge is -2.23. The number of carbonyl (C=O) groups is 1. The number of furan rings is 2. The molecule has 0 aliphatic carbocycles. The van der Waals surface area contributed by atoms with Gasteiger partial charge in [-0.25, -0.2) is 0 Å². The summed E-state index contributed by atoms with van der Waals surface area (Å²) in [7, 11) is 0. The van der Waals surface area contributed by atoms with Crippen LogP contribution in [0.3, 0.4) is 0 Å². The van der Waals surface area contributed by atoms with Crippen molar-refractivity contribution in [2.24, 2.45) is 0 Å². The lowest BCUT2D eigenvalue weighted by molar-refractivity contribution is -0.156. The molecule has 0 spiro atoms. The first-order chi connectivity index (χ1) is 9.92. The molecule has 0 unspecified atom stereocenters. The molecule has 5 heteroatoms. The van der Waals surface area contributed by atoms with Crippen molar-refractivity contribution in [3.8, 4) is 0 Å². The van der Waals surface area contributed by atoms with Crippen LogP contribution in [0.5, 0.6) is 0 Å². The van der Waals surface area contributed by atoms with Crippen molar-refractivity contribution in [2.45, 2.75) is 39.5 Å². The van der Waals surface area contributed by atoms with Crippen molar-refractivity contribution in [1.29, 1.82) is 0 Å². The minimum absolute atomic E-state index is 0.179. The molecular formula is C16H21NO4. The monoisotopic (exact) mass is 291 g/mol. The Kier molecular flexibility index (Phi) is 4.85. The van der Waals surface area contributed by atoms with Gasteiger partial charge in [0.15, 0.2) is 0 Å². The molecule has 0 aromatic carbocycles. The molecule has 2 aromatic heterocycles. The van der Waals surface area contributed by atoms with Gasteiger partial charge in [0.1, 0.15) is 17.1 Å². The van der Waals surface area contributed by atoms with E-state index in [4.69, 9.17) is 13.6 Å². The van der Waals surface area contributed by atoms with Gasteiger partial charge in [-0.1, -0.05) is 0 Å². The van der Waals surface area contributed by atoms with Gasteiger partial charge in [0.2, 0.25) is 0 Å². The average Bonchev–Trinajstić information content (AvgIpc) is 2.99. The third kappa shape index (κ3) is 5.47. The Bertz CT molecular complexity index is 501. The molecule has 5 nitrogen and oxygen atoms in total. The van der Waals surface area contributed by atoms with Gasteiger partial charge < -0.3 is 13.6 Å². The van der Waals surface area contributed by atoms with Crippen LogP contribution in [0.4, 0.5) is 0 Å². The van der Waals surface area contributed by atoms with E-state index in [1.54, 1.807) is 12.5 Å². The maximum absolute atomic E-state index is 12.0. The van der Waals surface area contributed by atoms with E-state index < -0.39 is 5.60 Å². The highest BCUT2D eigenvalue weighted by molar-refractivity contribution is 5.72. The summed E-state index contributed by atoms with van der Waals surface area (Å²) >= 11 is 0. The molecule has 0 aliphatic rings. The van der Waals surface area contributed by atoms with E-state index in [1.165, 1.54) is 0 Å². The van der Waals surface area contributed by atoms with Crippen LogP contribution in [0.1, 0.15) is 32.3 Å². The Morgan fingerprint density at radius 2 is 1.62 bits per heavy atom. The van der Waals surface area contributed by atoms with Crippen LogP contribution in [-0.4, -0.2) is 23.0 Å². The van der Waals surface area contributed by atoms with Gasteiger partial charge in [0.05, 0.1) is 32.2 Å². The van der Waals surface area contributed by atoms with Crippen molar-refractivity contribution in [1.82, 2.24) is 4.90 Å². The fourth-order valence-corrected chi connectivity index (χ4v) is 1.97. The van der Waals surface area contributed by atoms with Crippen LogP contribution in [-0.2, 0) is 22.6 Å². The summed E-state index contributed by atoms with van der Waals surface area (Å²) in [4.78, 5) is 13.9. The van der Waals surface area contributed by atoms with E-state index in [9.17, 15) is 4.79 Å². The average molecular weight is 291 g/mol. The summed E-state index contributed by atoms with van der Waals surface area (Å²) < 4.78 is 16.0. The quantitative estimate of drug-likeness (QED) is 0.765. The molecule has 0 aliphatic heterocycles. The van der Waals surface area contributed by atoms with Crippen LogP contribution >= 0.6 is 0 Å². The molecule has 2 heterocycles. The van der Waals surface area contributed by atoms with Crippen LogP contribution in [0.2, 0.25) is 0 Å². The number of carbonyl (C=O) groups excluding carboxylic acids is 1. The smallest absolute Gasteiger partial charge is 0.320 e. The maximum atomic E-state index is 12.0. The van der Waals surface area contributed by atoms with Crippen LogP contribution in [0.15, 0.2) is 45.6 Å². The molecule has 21 heavy (non-hydrogen) atoms. The largest absolute Gasteiger partial charge is 0.468 e. The van der Waals surface area contributed by atoms with Crippen molar-refractivity contribution >= 4 is 5.97 Å². The molecular weight excluding hydrogens is 270 g/mol. The summed E-state index contributed by atoms with van der Waals surface area (Å²) in [6.45, 7) is 6.79. The molecule has 0 atom stereocenters. The van der Waals surface area contributed by atoms with E-state index in [1.807, 2.05) is 49.9 Å². The van der Waals surface area contributed by atoms with E-state index in [0.717, 1.165) is 11.5 Å². The normalized spacial score (nSPS) is 11.8. The molecule has 0 N–H and O–H groups in total. The molecule has 114 valence electrons. The minimum atomic E-state index is -0.488. The number of ether oxygens (including phenoxy) is 1. The lowest BCUT2D eigenvalue weighted by Crippen LogP contribution is -2.34. The van der Waals surface area contributed by atoms with Crippen LogP contribution in [0, 0.1) is 0 Å². The topological polar surface area (TPSA) is 55.8 Å². The minimum Gasteiger partial charge on any atom is -0.468 e.